The van der Waals surface area contributed by atoms with Crippen LogP contribution in [0.1, 0.15) is 27.5 Å². The lowest BCUT2D eigenvalue weighted by Gasteiger charge is -2.07. The van der Waals surface area contributed by atoms with Crippen molar-refractivity contribution in [3.63, 3.8) is 0 Å². The molecular weight excluding hydrogens is 344 g/mol. The van der Waals surface area contributed by atoms with E-state index < -0.39 is 0 Å². The molecule has 8 heteroatoms. The quantitative estimate of drug-likeness (QED) is 0.752. The number of benzene rings is 1. The molecule has 2 aromatic heterocycles. The summed E-state index contributed by atoms with van der Waals surface area (Å²) in [6.07, 6.45) is 1.73. The van der Waals surface area contributed by atoms with Crippen molar-refractivity contribution in [3.05, 3.63) is 58.2 Å². The second-order valence-corrected chi connectivity index (χ2v) is 6.00. The van der Waals surface area contributed by atoms with Crippen molar-refractivity contribution >= 4 is 23.2 Å². The van der Waals surface area contributed by atoms with Gasteiger partial charge in [0, 0.05) is 18.3 Å². The summed E-state index contributed by atoms with van der Waals surface area (Å²) in [4.78, 5) is 12.5. The van der Waals surface area contributed by atoms with E-state index >= 15 is 0 Å². The number of nitrogens with zero attached hydrogens (tertiary/aromatic N) is 3. The first kappa shape index (κ1) is 17.0. The van der Waals surface area contributed by atoms with E-state index in [1.807, 2.05) is 6.92 Å². The Morgan fingerprint density at radius 1 is 1.32 bits per heavy atom. The van der Waals surface area contributed by atoms with Gasteiger partial charge >= 0.3 is 0 Å². The van der Waals surface area contributed by atoms with Crippen molar-refractivity contribution in [2.24, 2.45) is 7.05 Å². The Kier molecular flexibility index (Phi) is 4.76. The first-order valence-electron chi connectivity index (χ1n) is 7.59. The summed E-state index contributed by atoms with van der Waals surface area (Å²) >= 11 is 5.85. The Hall–Kier alpha value is -2.80. The predicted molar refractivity (Wildman–Crippen MR) is 92.9 cm³/mol. The minimum Gasteiger partial charge on any atom is -0.489 e. The smallest absolute Gasteiger partial charge is 0.278 e. The Bertz CT molecular complexity index is 899. The Morgan fingerprint density at radius 2 is 2.04 bits per heavy atom. The van der Waals surface area contributed by atoms with E-state index in [4.69, 9.17) is 20.9 Å². The molecule has 1 amide bonds. The fraction of sp³-hybridized carbons (Fsp3) is 0.235. The molecule has 7 nitrogen and oxygen atoms in total. The molecule has 3 aromatic rings. The summed E-state index contributed by atoms with van der Waals surface area (Å²) in [5.74, 6) is 0.796. The fourth-order valence-electron chi connectivity index (χ4n) is 2.33. The number of carbonyl (C=O) groups is 1. The highest BCUT2D eigenvalue weighted by Gasteiger charge is 2.21. The van der Waals surface area contributed by atoms with Gasteiger partial charge in [0.2, 0.25) is 0 Å². The number of nitrogens with one attached hydrogen (secondary N) is 1. The number of aromatic nitrogens is 3. The molecule has 2 heterocycles. The Balaban J connectivity index is 1.75. The molecule has 0 atom stereocenters. The van der Waals surface area contributed by atoms with Gasteiger partial charge in [-0.3, -0.25) is 9.48 Å². The Morgan fingerprint density at radius 3 is 2.68 bits per heavy atom. The van der Waals surface area contributed by atoms with Gasteiger partial charge in [0.25, 0.3) is 5.91 Å². The summed E-state index contributed by atoms with van der Waals surface area (Å²) < 4.78 is 12.5. The number of aryl methyl sites for hydroxylation is 3. The van der Waals surface area contributed by atoms with Gasteiger partial charge < -0.3 is 14.6 Å². The monoisotopic (exact) mass is 360 g/mol. The number of ether oxygens (including phenoxy) is 1. The van der Waals surface area contributed by atoms with Crippen LogP contribution in [0.5, 0.6) is 5.75 Å². The van der Waals surface area contributed by atoms with Gasteiger partial charge in [-0.25, -0.2) is 0 Å². The first-order valence-corrected chi connectivity index (χ1v) is 7.97. The average molecular weight is 361 g/mol. The molecule has 1 N–H and O–H groups in total. The summed E-state index contributed by atoms with van der Waals surface area (Å²) in [6, 6.07) is 6.97. The van der Waals surface area contributed by atoms with Crippen LogP contribution in [0, 0.1) is 13.8 Å². The number of amides is 1. The number of hydrogen-bond acceptors (Lipinski definition) is 5. The SMILES string of the molecule is Cc1nn(C)cc1NC(=O)c1noc(C)c1COc1ccc(Cl)cc1. The summed E-state index contributed by atoms with van der Waals surface area (Å²) in [7, 11) is 1.79. The van der Waals surface area contributed by atoms with Crippen molar-refractivity contribution in [2.45, 2.75) is 20.5 Å². The second-order valence-electron chi connectivity index (χ2n) is 5.56. The molecule has 0 aliphatic rings. The first-order chi connectivity index (χ1) is 11.9. The minimum absolute atomic E-state index is 0.158. The maximum absolute atomic E-state index is 12.5. The molecule has 0 radical (unpaired) electrons. The number of hydrogen-bond donors (Lipinski definition) is 1. The molecule has 0 bridgehead atoms. The van der Waals surface area contributed by atoms with Gasteiger partial charge in [-0.2, -0.15) is 5.10 Å². The standard InChI is InChI=1S/C17H17ClN4O3/c1-10-15(8-22(3)20-10)19-17(23)16-14(11(2)25-21-16)9-24-13-6-4-12(18)5-7-13/h4-8H,9H2,1-3H3,(H,19,23). The zero-order chi connectivity index (χ0) is 18.0. The lowest BCUT2D eigenvalue weighted by molar-refractivity contribution is 0.101. The predicted octanol–water partition coefficient (Wildman–Crippen LogP) is 3.51. The zero-order valence-electron chi connectivity index (χ0n) is 14.0. The third-order valence-corrected chi connectivity index (χ3v) is 3.91. The van der Waals surface area contributed by atoms with Crippen molar-refractivity contribution < 1.29 is 14.1 Å². The van der Waals surface area contributed by atoms with Crippen molar-refractivity contribution in [1.29, 1.82) is 0 Å². The van der Waals surface area contributed by atoms with Crippen LogP contribution in [-0.2, 0) is 13.7 Å². The van der Waals surface area contributed by atoms with Crippen LogP contribution < -0.4 is 10.1 Å². The van der Waals surface area contributed by atoms with Gasteiger partial charge in [-0.05, 0) is 38.1 Å². The molecule has 25 heavy (non-hydrogen) atoms. The van der Waals surface area contributed by atoms with E-state index in [-0.39, 0.29) is 18.2 Å². The third-order valence-electron chi connectivity index (χ3n) is 3.66. The van der Waals surface area contributed by atoms with E-state index in [1.54, 1.807) is 49.1 Å². The van der Waals surface area contributed by atoms with Gasteiger partial charge in [-0.1, -0.05) is 16.8 Å². The molecule has 0 aliphatic heterocycles. The molecule has 0 unspecified atom stereocenters. The van der Waals surface area contributed by atoms with Crippen LogP contribution in [0.4, 0.5) is 5.69 Å². The molecular formula is C17H17ClN4O3. The normalized spacial score (nSPS) is 10.7. The van der Waals surface area contributed by atoms with Crippen LogP contribution in [0.15, 0.2) is 35.0 Å². The highest BCUT2D eigenvalue weighted by Crippen LogP contribution is 2.21. The number of anilines is 1. The highest BCUT2D eigenvalue weighted by molar-refractivity contribution is 6.30. The maximum Gasteiger partial charge on any atom is 0.278 e. The highest BCUT2D eigenvalue weighted by atomic mass is 35.5. The van der Waals surface area contributed by atoms with E-state index in [0.29, 0.717) is 27.8 Å². The lowest BCUT2D eigenvalue weighted by atomic mass is 10.2. The molecule has 0 fully saturated rings. The molecule has 0 spiro atoms. The summed E-state index contributed by atoms with van der Waals surface area (Å²) in [5, 5.41) is 11.5. The molecule has 0 aliphatic carbocycles. The number of halogens is 1. The van der Waals surface area contributed by atoms with Crippen LogP contribution in [-0.4, -0.2) is 20.8 Å². The van der Waals surface area contributed by atoms with E-state index in [1.165, 1.54) is 0 Å². The van der Waals surface area contributed by atoms with E-state index in [9.17, 15) is 4.79 Å². The molecule has 3 rings (SSSR count). The molecule has 130 valence electrons. The summed E-state index contributed by atoms with van der Waals surface area (Å²) in [6.45, 7) is 3.71. The van der Waals surface area contributed by atoms with Crippen molar-refractivity contribution in [3.8, 4) is 5.75 Å². The number of rotatable bonds is 5. The van der Waals surface area contributed by atoms with Gasteiger partial charge in [0.1, 0.15) is 18.1 Å². The topological polar surface area (TPSA) is 82.2 Å². The largest absolute Gasteiger partial charge is 0.489 e. The molecule has 0 saturated carbocycles. The van der Waals surface area contributed by atoms with E-state index in [2.05, 4.69) is 15.6 Å². The zero-order valence-corrected chi connectivity index (χ0v) is 14.8. The second kappa shape index (κ2) is 6.98. The van der Waals surface area contributed by atoms with Crippen LogP contribution in [0.3, 0.4) is 0 Å². The maximum atomic E-state index is 12.5. The number of carbonyl (C=O) groups excluding carboxylic acids is 1. The minimum atomic E-state index is -0.373. The lowest BCUT2D eigenvalue weighted by Crippen LogP contribution is -2.15. The van der Waals surface area contributed by atoms with Crippen molar-refractivity contribution in [1.82, 2.24) is 14.9 Å². The van der Waals surface area contributed by atoms with Gasteiger partial charge in [0.15, 0.2) is 5.69 Å². The van der Waals surface area contributed by atoms with Crippen LogP contribution in [0.25, 0.3) is 0 Å². The molecule has 0 saturated heterocycles. The third kappa shape index (κ3) is 3.83. The Labute approximate surface area is 149 Å². The van der Waals surface area contributed by atoms with Gasteiger partial charge in [-0.15, -0.1) is 0 Å². The van der Waals surface area contributed by atoms with Crippen molar-refractivity contribution in [2.75, 3.05) is 5.32 Å². The summed E-state index contributed by atoms with van der Waals surface area (Å²) in [5.41, 5.74) is 2.12. The molecule has 1 aromatic carbocycles. The van der Waals surface area contributed by atoms with Crippen LogP contribution in [0.2, 0.25) is 5.02 Å². The van der Waals surface area contributed by atoms with E-state index in [0.717, 1.165) is 5.69 Å². The average Bonchev–Trinajstić information content (AvgIpc) is 3.09. The van der Waals surface area contributed by atoms with Crippen LogP contribution >= 0.6 is 11.6 Å². The van der Waals surface area contributed by atoms with Gasteiger partial charge in [0.05, 0.1) is 16.9 Å². The fourth-order valence-corrected chi connectivity index (χ4v) is 2.46.